The van der Waals surface area contributed by atoms with Crippen LogP contribution in [0.2, 0.25) is 0 Å². The summed E-state index contributed by atoms with van der Waals surface area (Å²) in [6.07, 6.45) is 5.20. The van der Waals surface area contributed by atoms with Gasteiger partial charge in [-0.3, -0.25) is 9.97 Å². The van der Waals surface area contributed by atoms with E-state index in [-0.39, 0.29) is 30.7 Å². The average molecular weight is 666 g/mol. The van der Waals surface area contributed by atoms with Crippen molar-refractivity contribution in [1.29, 1.82) is 0 Å². The summed E-state index contributed by atoms with van der Waals surface area (Å²) in [6, 6.07) is 36.7. The van der Waals surface area contributed by atoms with Crippen molar-refractivity contribution in [1.82, 2.24) is 9.97 Å². The van der Waals surface area contributed by atoms with Crippen LogP contribution in [-0.4, -0.2) is 18.4 Å². The van der Waals surface area contributed by atoms with Crippen molar-refractivity contribution in [3.8, 4) is 0 Å². The van der Waals surface area contributed by atoms with Crippen molar-refractivity contribution in [3.63, 3.8) is 0 Å². The van der Waals surface area contributed by atoms with Crippen molar-refractivity contribution in [3.05, 3.63) is 150 Å². The SMILES string of the molecule is CC(C)(C)c1cc[c-]cc1.Cc1ccc(S(=O)(=O)[N-]c2cccc3ccc4cccnc4c23)cc1.[Pd+2].c1ccncc1. The number of nitrogens with zero attached hydrogens (tertiary/aromatic N) is 3. The molecule has 0 aliphatic carbocycles. The molecule has 5 nitrogen and oxygen atoms in total. The molecule has 0 atom stereocenters. The van der Waals surface area contributed by atoms with Gasteiger partial charge in [0, 0.05) is 24.0 Å². The fourth-order valence-electron chi connectivity index (χ4n) is 4.06. The van der Waals surface area contributed by atoms with Gasteiger partial charge in [-0.2, -0.15) is 35.9 Å². The molecule has 42 heavy (non-hydrogen) atoms. The molecule has 4 aromatic carbocycles. The standard InChI is InChI=1S/C20H15N2O2S.C10H13.C5H5N.Pd/c1-14-7-11-17(12-8-14)25(23,24)22-18-6-2-4-15-9-10-16-5-3-13-21-20(16)19(15)18;1-10(2,3)9-7-5-4-6-8-9;1-2-4-6-5-3-1;/h2-13H,1H3;5-8H,1-3H3;1-5H;/q2*-1;;+2. The van der Waals surface area contributed by atoms with E-state index in [1.54, 1.807) is 55.0 Å². The first-order valence-electron chi connectivity index (χ1n) is 13.3. The van der Waals surface area contributed by atoms with E-state index >= 15 is 0 Å². The van der Waals surface area contributed by atoms with E-state index in [9.17, 15) is 8.42 Å². The summed E-state index contributed by atoms with van der Waals surface area (Å²) in [5, 5.41) is 2.60. The van der Waals surface area contributed by atoms with Gasteiger partial charge in [0.25, 0.3) is 0 Å². The van der Waals surface area contributed by atoms with Crippen LogP contribution >= 0.6 is 0 Å². The van der Waals surface area contributed by atoms with E-state index < -0.39 is 10.0 Å². The molecule has 0 unspecified atom stereocenters. The smallest absolute Gasteiger partial charge is 0.572 e. The Morgan fingerprint density at radius 1 is 0.714 bits per heavy atom. The van der Waals surface area contributed by atoms with Crippen LogP contribution in [0.3, 0.4) is 0 Å². The third kappa shape index (κ3) is 8.80. The fourth-order valence-corrected chi connectivity index (χ4v) is 5.06. The summed E-state index contributed by atoms with van der Waals surface area (Å²) in [5.74, 6) is 0. The van der Waals surface area contributed by atoms with E-state index in [2.05, 4.69) is 53.7 Å². The van der Waals surface area contributed by atoms with Gasteiger partial charge in [0.05, 0.1) is 10.4 Å². The van der Waals surface area contributed by atoms with Crippen LogP contribution in [0.25, 0.3) is 26.4 Å². The number of aromatic nitrogens is 2. The number of benzene rings is 4. The molecule has 0 amide bonds. The van der Waals surface area contributed by atoms with E-state index in [0.717, 1.165) is 27.2 Å². The Kier molecular flexibility index (Phi) is 11.5. The molecule has 0 spiro atoms. The first kappa shape index (κ1) is 32.6. The number of sulfonamides is 1. The zero-order valence-corrected chi connectivity index (χ0v) is 26.4. The normalized spacial score (nSPS) is 10.9. The number of pyridine rings is 2. The Balaban J connectivity index is 0.000000234. The van der Waals surface area contributed by atoms with Gasteiger partial charge in [0.1, 0.15) is 10.0 Å². The second-order valence-corrected chi connectivity index (χ2v) is 12.1. The molecule has 0 aliphatic heterocycles. The molecule has 2 heterocycles. The van der Waals surface area contributed by atoms with Gasteiger partial charge in [-0.05, 0) is 53.4 Å². The maximum Gasteiger partial charge on any atom is 2.00 e. The molecule has 216 valence electrons. The topological polar surface area (TPSA) is 74.0 Å². The van der Waals surface area contributed by atoms with Gasteiger partial charge in [0.15, 0.2) is 0 Å². The number of aryl methyl sites for hydroxylation is 1. The van der Waals surface area contributed by atoms with Gasteiger partial charge in [-0.15, -0.1) is 5.69 Å². The second-order valence-electron chi connectivity index (χ2n) is 10.5. The molecule has 0 aliphatic rings. The van der Waals surface area contributed by atoms with E-state index in [1.807, 2.05) is 67.6 Å². The minimum absolute atomic E-state index is 0. The van der Waals surface area contributed by atoms with Crippen LogP contribution in [0.4, 0.5) is 5.69 Å². The molecule has 0 radical (unpaired) electrons. The van der Waals surface area contributed by atoms with E-state index in [0.29, 0.717) is 5.69 Å². The predicted molar refractivity (Wildman–Crippen MR) is 169 cm³/mol. The minimum atomic E-state index is -3.79. The Morgan fingerprint density at radius 2 is 1.36 bits per heavy atom. The van der Waals surface area contributed by atoms with Crippen LogP contribution in [0, 0.1) is 13.0 Å². The predicted octanol–water partition coefficient (Wildman–Crippen LogP) is 8.95. The largest absolute Gasteiger partial charge is 2.00 e. The summed E-state index contributed by atoms with van der Waals surface area (Å²) in [5.41, 5.74) is 3.79. The van der Waals surface area contributed by atoms with Crippen molar-refractivity contribution < 1.29 is 28.8 Å². The fraction of sp³-hybridized carbons (Fsp3) is 0.143. The van der Waals surface area contributed by atoms with Crippen LogP contribution in [0.1, 0.15) is 31.9 Å². The summed E-state index contributed by atoms with van der Waals surface area (Å²) in [4.78, 5) is 8.40. The van der Waals surface area contributed by atoms with Crippen LogP contribution < -0.4 is 0 Å². The summed E-state index contributed by atoms with van der Waals surface area (Å²) in [6.45, 7) is 8.54. The zero-order valence-electron chi connectivity index (χ0n) is 24.0. The van der Waals surface area contributed by atoms with Crippen LogP contribution in [-0.2, 0) is 35.9 Å². The Morgan fingerprint density at radius 3 is 1.93 bits per heavy atom. The molecule has 7 heteroatoms. The number of rotatable bonds is 3. The molecular weight excluding hydrogens is 633 g/mol. The average Bonchev–Trinajstić information content (AvgIpc) is 2.99. The molecule has 0 saturated heterocycles. The Hall–Kier alpha value is -3.89. The second kappa shape index (κ2) is 14.8. The van der Waals surface area contributed by atoms with Gasteiger partial charge in [0.2, 0.25) is 0 Å². The van der Waals surface area contributed by atoms with E-state index in [1.165, 1.54) is 5.56 Å². The van der Waals surface area contributed by atoms with Crippen molar-refractivity contribution in [2.45, 2.75) is 38.0 Å². The van der Waals surface area contributed by atoms with Crippen LogP contribution in [0.5, 0.6) is 0 Å². The molecule has 0 saturated carbocycles. The summed E-state index contributed by atoms with van der Waals surface area (Å²) in [7, 11) is -3.79. The maximum absolute atomic E-state index is 12.7. The van der Waals surface area contributed by atoms with Crippen LogP contribution in [0.15, 0.2) is 133 Å². The molecular formula is C35H33N3O2PdS. The number of fused-ring (bicyclic) bond motifs is 3. The summed E-state index contributed by atoms with van der Waals surface area (Å²) < 4.78 is 29.5. The summed E-state index contributed by atoms with van der Waals surface area (Å²) >= 11 is 0. The monoisotopic (exact) mass is 665 g/mol. The zero-order chi connectivity index (χ0) is 29.3. The number of hydrogen-bond acceptors (Lipinski definition) is 4. The Bertz CT molecular complexity index is 1780. The molecule has 0 bridgehead atoms. The molecule has 6 aromatic rings. The van der Waals surface area contributed by atoms with Crippen molar-refractivity contribution in [2.24, 2.45) is 0 Å². The maximum atomic E-state index is 12.7. The van der Waals surface area contributed by atoms with Gasteiger partial charge < -0.3 is 4.72 Å². The van der Waals surface area contributed by atoms with Crippen molar-refractivity contribution in [2.75, 3.05) is 0 Å². The third-order valence-electron chi connectivity index (χ3n) is 6.28. The quantitative estimate of drug-likeness (QED) is 0.107. The van der Waals surface area contributed by atoms with Gasteiger partial charge in [-0.1, -0.05) is 80.9 Å². The van der Waals surface area contributed by atoms with Crippen molar-refractivity contribution >= 4 is 37.4 Å². The minimum Gasteiger partial charge on any atom is -0.572 e. The molecule has 6 rings (SSSR count). The third-order valence-corrected chi connectivity index (χ3v) is 7.59. The number of hydrogen-bond donors (Lipinski definition) is 0. The van der Waals surface area contributed by atoms with Gasteiger partial charge >= 0.3 is 20.4 Å². The molecule has 2 aromatic heterocycles. The first-order chi connectivity index (χ1) is 19.6. The Labute approximate surface area is 262 Å². The first-order valence-corrected chi connectivity index (χ1v) is 14.7. The van der Waals surface area contributed by atoms with Gasteiger partial charge in [-0.25, -0.2) is 8.42 Å². The van der Waals surface area contributed by atoms with E-state index in [4.69, 9.17) is 0 Å². The molecule has 0 N–H and O–H groups in total. The molecule has 0 fully saturated rings.